The van der Waals surface area contributed by atoms with Crippen LogP contribution in [0.4, 0.5) is 13.2 Å². The van der Waals surface area contributed by atoms with Gasteiger partial charge in [0.15, 0.2) is 5.78 Å². The molecule has 1 N–H and O–H groups in total. The van der Waals surface area contributed by atoms with Crippen LogP contribution in [-0.2, 0) is 11.0 Å². The molecule has 128 valence electrons. The van der Waals surface area contributed by atoms with Crippen molar-refractivity contribution in [3.8, 4) is 0 Å². The molecule has 0 amide bonds. The predicted molar refractivity (Wildman–Crippen MR) is 88.1 cm³/mol. The van der Waals surface area contributed by atoms with Gasteiger partial charge in [0, 0.05) is 11.5 Å². The van der Waals surface area contributed by atoms with Gasteiger partial charge in [-0.3, -0.25) is 9.59 Å². The van der Waals surface area contributed by atoms with Crippen molar-refractivity contribution in [2.45, 2.75) is 26.9 Å². The van der Waals surface area contributed by atoms with Gasteiger partial charge < -0.3 is 4.98 Å². The topological polar surface area (TPSA) is 49.9 Å². The molecular formula is C17H16F3NO2S. The summed E-state index contributed by atoms with van der Waals surface area (Å²) in [6.07, 6.45) is -1.53. The molecule has 0 atom stereocenters. The number of aromatic nitrogens is 1. The van der Waals surface area contributed by atoms with Crippen LogP contribution in [0.1, 0.15) is 31.9 Å². The van der Waals surface area contributed by atoms with E-state index in [1.807, 2.05) is 0 Å². The number of Topliss-reactive ketones (excluding diaryl/α,β-unsaturated/α-hetero) is 1. The number of hydrogen-bond acceptors (Lipinski definition) is 3. The molecule has 0 bridgehead atoms. The maximum absolute atomic E-state index is 12.5. The zero-order valence-electron chi connectivity index (χ0n) is 13.3. The van der Waals surface area contributed by atoms with Crippen LogP contribution in [0, 0.1) is 5.41 Å². The Morgan fingerprint density at radius 1 is 1.12 bits per heavy atom. The van der Waals surface area contributed by atoms with Crippen molar-refractivity contribution in [1.29, 1.82) is 0 Å². The fraction of sp³-hybridized carbons (Fsp3) is 0.294. The number of alkyl halides is 3. The number of rotatable bonds is 2. The maximum atomic E-state index is 12.5. The van der Waals surface area contributed by atoms with E-state index in [0.717, 1.165) is 23.5 Å². The van der Waals surface area contributed by atoms with Gasteiger partial charge in [-0.15, -0.1) is 11.3 Å². The van der Waals surface area contributed by atoms with E-state index in [-0.39, 0.29) is 11.3 Å². The summed E-state index contributed by atoms with van der Waals surface area (Å²) in [6.45, 7) is 5.31. The zero-order valence-corrected chi connectivity index (χ0v) is 14.1. The van der Waals surface area contributed by atoms with Gasteiger partial charge in [0.2, 0.25) is 0 Å². The molecule has 2 aromatic rings. The van der Waals surface area contributed by atoms with E-state index in [0.29, 0.717) is 14.8 Å². The van der Waals surface area contributed by atoms with Gasteiger partial charge in [0.05, 0.1) is 14.8 Å². The van der Waals surface area contributed by atoms with E-state index in [1.165, 1.54) is 24.3 Å². The minimum absolute atomic E-state index is 0.124. The van der Waals surface area contributed by atoms with E-state index in [4.69, 9.17) is 0 Å². The Kier molecular flexibility index (Phi) is 4.85. The van der Waals surface area contributed by atoms with Crippen molar-refractivity contribution in [3.05, 3.63) is 54.9 Å². The first kappa shape index (κ1) is 18.2. The quantitative estimate of drug-likeness (QED) is 0.900. The molecule has 1 aromatic carbocycles. The Morgan fingerprint density at radius 3 is 2.21 bits per heavy atom. The molecule has 0 aliphatic carbocycles. The van der Waals surface area contributed by atoms with Crippen molar-refractivity contribution >= 4 is 29.3 Å². The lowest BCUT2D eigenvalue weighted by Gasteiger charge is -2.12. The summed E-state index contributed by atoms with van der Waals surface area (Å²) in [7, 11) is 0. The lowest BCUT2D eigenvalue weighted by Crippen LogP contribution is -2.22. The van der Waals surface area contributed by atoms with Gasteiger partial charge in [-0.25, -0.2) is 0 Å². The number of benzene rings is 1. The molecule has 7 heteroatoms. The molecule has 3 nitrogen and oxygen atoms in total. The van der Waals surface area contributed by atoms with Crippen molar-refractivity contribution in [3.63, 3.8) is 0 Å². The third-order valence-electron chi connectivity index (χ3n) is 3.22. The summed E-state index contributed by atoms with van der Waals surface area (Å²) in [5, 5.41) is 0. The molecule has 0 aliphatic rings. The first-order chi connectivity index (χ1) is 11.0. The van der Waals surface area contributed by atoms with E-state index in [1.54, 1.807) is 20.8 Å². The van der Waals surface area contributed by atoms with Gasteiger partial charge in [-0.1, -0.05) is 32.9 Å². The van der Waals surface area contributed by atoms with E-state index in [9.17, 15) is 22.8 Å². The van der Waals surface area contributed by atoms with Crippen molar-refractivity contribution in [2.75, 3.05) is 0 Å². The molecule has 0 fully saturated rings. The van der Waals surface area contributed by atoms with Crippen LogP contribution in [0.3, 0.4) is 0 Å². The Balaban J connectivity index is 2.40. The summed E-state index contributed by atoms with van der Waals surface area (Å²) in [5.41, 5.74) is -1.21. The van der Waals surface area contributed by atoms with Crippen LogP contribution < -0.4 is 14.8 Å². The zero-order chi connectivity index (χ0) is 18.1. The first-order valence-corrected chi connectivity index (χ1v) is 7.93. The maximum Gasteiger partial charge on any atom is 0.416 e. The fourth-order valence-corrected chi connectivity index (χ4v) is 2.67. The van der Waals surface area contributed by atoms with E-state index < -0.39 is 17.2 Å². The highest BCUT2D eigenvalue weighted by Gasteiger charge is 2.29. The average Bonchev–Trinajstić information content (AvgIpc) is 2.77. The van der Waals surface area contributed by atoms with Crippen LogP contribution in [0.25, 0.3) is 12.2 Å². The molecular weight excluding hydrogens is 339 g/mol. The largest absolute Gasteiger partial charge is 0.416 e. The molecule has 1 aromatic heterocycles. The first-order valence-electron chi connectivity index (χ1n) is 7.11. The molecule has 1 heterocycles. The minimum Gasteiger partial charge on any atom is -0.313 e. The van der Waals surface area contributed by atoms with Crippen LogP contribution >= 0.6 is 11.3 Å². The molecule has 0 spiro atoms. The highest BCUT2D eigenvalue weighted by Crippen LogP contribution is 2.29. The van der Waals surface area contributed by atoms with Crippen molar-refractivity contribution in [2.24, 2.45) is 5.41 Å². The molecule has 0 radical (unpaired) electrons. The van der Waals surface area contributed by atoms with Crippen LogP contribution in [0.2, 0.25) is 0 Å². The minimum atomic E-state index is -4.39. The van der Waals surface area contributed by atoms with E-state index in [2.05, 4.69) is 4.98 Å². The molecule has 0 saturated carbocycles. The monoisotopic (exact) mass is 355 g/mol. The van der Waals surface area contributed by atoms with Crippen molar-refractivity contribution in [1.82, 2.24) is 4.98 Å². The number of thiazole rings is 1. The molecule has 0 saturated heterocycles. The normalized spacial score (nSPS) is 14.2. The van der Waals surface area contributed by atoms with E-state index >= 15 is 0 Å². The molecule has 2 rings (SSSR count). The molecule has 0 unspecified atom stereocenters. The molecule has 0 aliphatic heterocycles. The van der Waals surface area contributed by atoms with Crippen LogP contribution in [0.5, 0.6) is 0 Å². The van der Waals surface area contributed by atoms with Gasteiger partial charge in [-0.2, -0.15) is 13.2 Å². The van der Waals surface area contributed by atoms with Gasteiger partial charge in [-0.05, 0) is 23.8 Å². The predicted octanol–water partition coefficient (Wildman–Crippen LogP) is 2.68. The van der Waals surface area contributed by atoms with Gasteiger partial charge in [0.1, 0.15) is 0 Å². The highest BCUT2D eigenvalue weighted by atomic mass is 32.1. The lowest BCUT2D eigenvalue weighted by atomic mass is 9.91. The second kappa shape index (κ2) is 6.39. The lowest BCUT2D eigenvalue weighted by molar-refractivity contribution is -0.137. The summed E-state index contributed by atoms with van der Waals surface area (Å²) in [5.74, 6) is -0.124. The smallest absolute Gasteiger partial charge is 0.313 e. The number of carbonyl (C=O) groups excluding carboxylic acids is 1. The van der Waals surface area contributed by atoms with Gasteiger partial charge >= 0.3 is 6.18 Å². The van der Waals surface area contributed by atoms with Crippen molar-refractivity contribution < 1.29 is 18.0 Å². The van der Waals surface area contributed by atoms with Crippen LogP contribution in [-0.4, -0.2) is 10.8 Å². The summed E-state index contributed by atoms with van der Waals surface area (Å²) in [4.78, 5) is 26.4. The summed E-state index contributed by atoms with van der Waals surface area (Å²) >= 11 is 1.09. The van der Waals surface area contributed by atoms with Gasteiger partial charge in [0.25, 0.3) is 5.56 Å². The number of carbonyl (C=O) groups is 1. The fourth-order valence-electron chi connectivity index (χ4n) is 1.78. The SMILES string of the molecule is CC(C)(C)C(=O)/C=c1/[nH]c(=O)/c(=C/c2ccc(C(F)(F)F)cc2)s1. The Hall–Kier alpha value is -2.15. The third-order valence-corrected chi connectivity index (χ3v) is 4.18. The van der Waals surface area contributed by atoms with Crippen LogP contribution in [0.15, 0.2) is 29.1 Å². The number of H-pyrrole nitrogens is 1. The summed E-state index contributed by atoms with van der Waals surface area (Å²) < 4.78 is 38.3. The Morgan fingerprint density at radius 2 is 1.71 bits per heavy atom. The number of ketones is 1. The Labute approximate surface area is 140 Å². The average molecular weight is 355 g/mol. The standard InChI is InChI=1S/C17H16F3NO2S/c1-16(2,3)13(22)9-14-21-15(23)12(24-14)8-10-4-6-11(7-5-10)17(18,19)20/h4-9H,1-3H3,(H,21,23)/b12-8-,14-9-. The number of aromatic amines is 1. The number of halogens is 3. The Bertz CT molecular complexity index is 913. The number of nitrogens with one attached hydrogen (secondary N) is 1. The second-order valence-corrected chi connectivity index (χ2v) is 7.39. The second-order valence-electron chi connectivity index (χ2n) is 6.31. The summed E-state index contributed by atoms with van der Waals surface area (Å²) in [6, 6.07) is 4.52. The highest BCUT2D eigenvalue weighted by molar-refractivity contribution is 7.07. The molecule has 24 heavy (non-hydrogen) atoms. The number of hydrogen-bond donors (Lipinski definition) is 1. The third kappa shape index (κ3) is 4.44.